The number of carbonyl (C=O) groups is 2. The number of aliphatic hydroxyl groups is 1. The van der Waals surface area contributed by atoms with Crippen molar-refractivity contribution in [1.29, 1.82) is 0 Å². The summed E-state index contributed by atoms with van der Waals surface area (Å²) >= 11 is 0. The average Bonchev–Trinajstić information content (AvgIpc) is 2.69. The smallest absolute Gasteiger partial charge is 0.258 e. The van der Waals surface area contributed by atoms with Gasteiger partial charge in [-0.1, -0.05) is 54.6 Å². The number of aliphatic hydroxyl groups excluding tert-OH is 1. The Bertz CT molecular complexity index is 1150. The standard InChI is InChI=1S/C23H21NO5/c1-24-20(12-11-16(25)13-17(26)14-21(27)28)22(15-7-3-2-4-8-15)18-9-5-6-10-19(18)23(24)29/h2-12,16,25H,13-14H2,1H3,(H,27,28)/p-1/b12-11+. The summed E-state index contributed by atoms with van der Waals surface area (Å²) in [4.78, 5) is 34.9. The van der Waals surface area contributed by atoms with Crippen LogP contribution in [0.15, 0.2) is 65.5 Å². The molecule has 6 nitrogen and oxygen atoms in total. The van der Waals surface area contributed by atoms with E-state index >= 15 is 0 Å². The second kappa shape index (κ2) is 8.67. The van der Waals surface area contributed by atoms with Crippen LogP contribution in [0.5, 0.6) is 0 Å². The third-order valence-electron chi connectivity index (χ3n) is 4.67. The Morgan fingerprint density at radius 2 is 1.69 bits per heavy atom. The molecule has 1 aromatic heterocycles. The Morgan fingerprint density at radius 1 is 1.07 bits per heavy atom. The molecule has 2 aromatic carbocycles. The number of aromatic nitrogens is 1. The predicted molar refractivity (Wildman–Crippen MR) is 109 cm³/mol. The number of carboxylic acids is 1. The number of ketones is 1. The fourth-order valence-electron chi connectivity index (χ4n) is 3.32. The van der Waals surface area contributed by atoms with Crippen LogP contribution in [0.2, 0.25) is 0 Å². The molecule has 0 aliphatic heterocycles. The average molecular weight is 390 g/mol. The first-order valence-corrected chi connectivity index (χ1v) is 9.13. The molecule has 1 unspecified atom stereocenters. The van der Waals surface area contributed by atoms with Crippen LogP contribution in [0.25, 0.3) is 28.0 Å². The summed E-state index contributed by atoms with van der Waals surface area (Å²) in [5, 5.41) is 22.0. The lowest BCUT2D eigenvalue weighted by Crippen LogP contribution is -2.26. The second-order valence-electron chi connectivity index (χ2n) is 6.75. The van der Waals surface area contributed by atoms with E-state index in [-0.39, 0.29) is 12.0 Å². The number of pyridine rings is 1. The molecular weight excluding hydrogens is 370 g/mol. The molecule has 0 bridgehead atoms. The van der Waals surface area contributed by atoms with Crippen LogP contribution in [0.4, 0.5) is 0 Å². The summed E-state index contributed by atoms with van der Waals surface area (Å²) in [6.45, 7) is 0. The topological polar surface area (TPSA) is 99.4 Å². The van der Waals surface area contributed by atoms with Gasteiger partial charge in [0.1, 0.15) is 5.78 Å². The van der Waals surface area contributed by atoms with Crippen molar-refractivity contribution in [3.8, 4) is 11.1 Å². The molecule has 3 rings (SSSR count). The van der Waals surface area contributed by atoms with Crippen LogP contribution < -0.4 is 10.7 Å². The number of nitrogens with zero attached hydrogens (tertiary/aromatic N) is 1. The molecule has 1 heterocycles. The number of carboxylic acid groups (broad SMARTS) is 1. The highest BCUT2D eigenvalue weighted by molar-refractivity contribution is 5.99. The molecule has 6 heteroatoms. The van der Waals surface area contributed by atoms with Crippen LogP contribution in [0.3, 0.4) is 0 Å². The first-order valence-electron chi connectivity index (χ1n) is 9.13. The Hall–Kier alpha value is -3.51. The number of benzene rings is 2. The zero-order chi connectivity index (χ0) is 21.0. The Morgan fingerprint density at radius 3 is 2.34 bits per heavy atom. The Balaban J connectivity index is 2.10. The maximum atomic E-state index is 12.8. The van der Waals surface area contributed by atoms with Crippen LogP contribution in [0.1, 0.15) is 18.5 Å². The first-order chi connectivity index (χ1) is 13.9. The number of Topliss-reactive ketones (excluding diaryl/α,β-unsaturated/α-hetero) is 1. The minimum absolute atomic E-state index is 0.178. The zero-order valence-corrected chi connectivity index (χ0v) is 15.9. The quantitative estimate of drug-likeness (QED) is 0.619. The predicted octanol–water partition coefficient (Wildman–Crippen LogP) is 1.68. The third-order valence-corrected chi connectivity index (χ3v) is 4.67. The van der Waals surface area contributed by atoms with E-state index in [4.69, 9.17) is 0 Å². The number of rotatable bonds is 7. The number of fused-ring (bicyclic) bond motifs is 1. The van der Waals surface area contributed by atoms with Crippen molar-refractivity contribution in [3.63, 3.8) is 0 Å². The van der Waals surface area contributed by atoms with E-state index in [1.54, 1.807) is 25.3 Å². The monoisotopic (exact) mass is 390 g/mol. The number of aliphatic carboxylic acids is 1. The molecule has 0 aliphatic rings. The van der Waals surface area contributed by atoms with Crippen molar-refractivity contribution in [2.45, 2.75) is 18.9 Å². The molecule has 0 radical (unpaired) electrons. The van der Waals surface area contributed by atoms with Crippen molar-refractivity contribution in [2.75, 3.05) is 0 Å². The van der Waals surface area contributed by atoms with Gasteiger partial charge in [-0.2, -0.15) is 0 Å². The van der Waals surface area contributed by atoms with Crippen molar-refractivity contribution < 1.29 is 19.8 Å². The largest absolute Gasteiger partial charge is 0.550 e. The van der Waals surface area contributed by atoms with Crippen LogP contribution in [0, 0.1) is 0 Å². The normalized spacial score (nSPS) is 12.3. The van der Waals surface area contributed by atoms with E-state index in [0.29, 0.717) is 11.1 Å². The molecule has 3 aromatic rings. The number of hydrogen-bond acceptors (Lipinski definition) is 5. The lowest BCUT2D eigenvalue weighted by molar-refractivity contribution is -0.304. The minimum atomic E-state index is -1.48. The molecule has 148 valence electrons. The molecule has 1 atom stereocenters. The Kier molecular flexibility index (Phi) is 6.04. The fourth-order valence-corrected chi connectivity index (χ4v) is 3.32. The van der Waals surface area contributed by atoms with Gasteiger partial charge in [0.15, 0.2) is 0 Å². The van der Waals surface area contributed by atoms with Gasteiger partial charge in [0.2, 0.25) is 0 Å². The molecular formula is C23H20NO5-. The van der Waals surface area contributed by atoms with Gasteiger partial charge < -0.3 is 19.6 Å². The molecule has 0 fully saturated rings. The Labute approximate surface area is 167 Å². The van der Waals surface area contributed by atoms with Gasteiger partial charge in [0.05, 0.1) is 11.8 Å². The van der Waals surface area contributed by atoms with E-state index < -0.39 is 24.3 Å². The van der Waals surface area contributed by atoms with Crippen LogP contribution in [-0.4, -0.2) is 27.5 Å². The molecule has 0 spiro atoms. The van der Waals surface area contributed by atoms with E-state index in [9.17, 15) is 24.6 Å². The summed E-state index contributed by atoms with van der Waals surface area (Å²) in [7, 11) is 1.65. The first kappa shape index (κ1) is 20.2. The lowest BCUT2D eigenvalue weighted by Gasteiger charge is -2.16. The molecule has 0 amide bonds. The van der Waals surface area contributed by atoms with Crippen molar-refractivity contribution >= 4 is 28.6 Å². The van der Waals surface area contributed by atoms with Gasteiger partial charge in [-0.3, -0.25) is 9.59 Å². The van der Waals surface area contributed by atoms with E-state index in [1.165, 1.54) is 10.6 Å². The van der Waals surface area contributed by atoms with E-state index in [2.05, 4.69) is 0 Å². The highest BCUT2D eigenvalue weighted by Crippen LogP contribution is 2.31. The molecule has 0 saturated carbocycles. The molecule has 0 aliphatic carbocycles. The van der Waals surface area contributed by atoms with Gasteiger partial charge in [-0.05, 0) is 23.1 Å². The van der Waals surface area contributed by atoms with Crippen LogP contribution in [-0.2, 0) is 16.6 Å². The number of hydrogen-bond donors (Lipinski definition) is 1. The van der Waals surface area contributed by atoms with Gasteiger partial charge in [0, 0.05) is 36.8 Å². The summed E-state index contributed by atoms with van der Waals surface area (Å²) in [6, 6.07) is 16.9. The number of carbonyl (C=O) groups excluding carboxylic acids is 2. The third kappa shape index (κ3) is 4.50. The van der Waals surface area contributed by atoms with Gasteiger partial charge in [-0.15, -0.1) is 0 Å². The molecule has 1 N–H and O–H groups in total. The maximum absolute atomic E-state index is 12.8. The molecule has 0 saturated heterocycles. The SMILES string of the molecule is Cn1c(/C=C/C(O)CC(=O)CC(=O)[O-])c(-c2ccccc2)c2ccccc2c1=O. The maximum Gasteiger partial charge on any atom is 0.258 e. The van der Waals surface area contributed by atoms with Crippen molar-refractivity contribution in [2.24, 2.45) is 7.05 Å². The van der Waals surface area contributed by atoms with Gasteiger partial charge in [0.25, 0.3) is 5.56 Å². The van der Waals surface area contributed by atoms with Crippen molar-refractivity contribution in [1.82, 2.24) is 4.57 Å². The summed E-state index contributed by atoms with van der Waals surface area (Å²) in [5.41, 5.74) is 2.13. The lowest BCUT2D eigenvalue weighted by atomic mass is 9.96. The van der Waals surface area contributed by atoms with E-state index in [1.807, 2.05) is 42.5 Å². The van der Waals surface area contributed by atoms with Gasteiger partial charge >= 0.3 is 0 Å². The highest BCUT2D eigenvalue weighted by atomic mass is 16.4. The van der Waals surface area contributed by atoms with Crippen molar-refractivity contribution in [3.05, 3.63) is 76.7 Å². The summed E-state index contributed by atoms with van der Waals surface area (Å²) < 4.78 is 1.50. The van der Waals surface area contributed by atoms with E-state index in [0.717, 1.165) is 16.5 Å². The minimum Gasteiger partial charge on any atom is -0.550 e. The van der Waals surface area contributed by atoms with Gasteiger partial charge in [-0.25, -0.2) is 0 Å². The van der Waals surface area contributed by atoms with Crippen LogP contribution >= 0.6 is 0 Å². The fraction of sp³-hybridized carbons (Fsp3) is 0.174. The second-order valence-corrected chi connectivity index (χ2v) is 6.75. The summed E-state index contributed by atoms with van der Waals surface area (Å²) in [5.74, 6) is -2.10. The molecule has 29 heavy (non-hydrogen) atoms. The highest BCUT2D eigenvalue weighted by Gasteiger charge is 2.15. The zero-order valence-electron chi connectivity index (χ0n) is 15.9. The summed E-state index contributed by atoms with van der Waals surface area (Å²) in [6.07, 6.45) is 0.726.